The fraction of sp³-hybridized carbons (Fsp3) is 0.412. The first kappa shape index (κ1) is 21.1. The lowest BCUT2D eigenvalue weighted by Gasteiger charge is -2.20. The number of aliphatic hydroxyl groups excluding tert-OH is 1. The summed E-state index contributed by atoms with van der Waals surface area (Å²) < 4.78 is 18.0. The average molecular weight is 365 g/mol. The molecule has 2 N–H and O–H groups in total. The van der Waals surface area contributed by atoms with Crippen molar-refractivity contribution >= 4 is 23.9 Å². The number of carbonyl (C=O) groups excluding carboxylic acids is 3. The van der Waals surface area contributed by atoms with Crippen molar-refractivity contribution in [2.45, 2.75) is 44.9 Å². The van der Waals surface area contributed by atoms with Crippen LogP contribution in [0.15, 0.2) is 24.3 Å². The summed E-state index contributed by atoms with van der Waals surface area (Å²) in [4.78, 5) is 38.3. The Kier molecular flexibility index (Phi) is 8.27. The van der Waals surface area contributed by atoms with E-state index in [1.807, 2.05) is 0 Å². The highest BCUT2D eigenvalue weighted by atomic mass is 19.1. The van der Waals surface area contributed by atoms with Crippen molar-refractivity contribution in [3.63, 3.8) is 0 Å². The number of carbonyl (C=O) groups is 3. The molecule has 0 saturated carbocycles. The number of ketones is 1. The molecule has 0 saturated heterocycles. The van der Waals surface area contributed by atoms with Crippen molar-refractivity contribution in [3.05, 3.63) is 41.2 Å². The number of hydrogen-bond donors (Lipinski definition) is 2. The largest absolute Gasteiger partial charge is 0.461 e. The lowest BCUT2D eigenvalue weighted by Crippen LogP contribution is -2.44. The predicted molar refractivity (Wildman–Crippen MR) is 88.4 cm³/mol. The monoisotopic (exact) mass is 365 g/mol. The first-order chi connectivity index (χ1) is 12.2. The molecule has 1 amide bonds. The Balaban J connectivity index is 2.83. The van der Waals surface area contributed by atoms with Gasteiger partial charge >= 0.3 is 12.2 Å². The minimum atomic E-state index is -1.63. The number of rotatable bonds is 9. The standard InChI is InChI=1S/C17H20FN3O5/c1-10(2)26-17(25)14(8-7-13(22)9-20-19)21-16(24)15(23)11-3-5-12(18)6-4-11/h3-6,9-10,14-15,23H,7-8H2,1-2H3,(H,21,24)/t14-,15-/m0/s1. The summed E-state index contributed by atoms with van der Waals surface area (Å²) in [6.07, 6.45) is -1.69. The molecule has 0 bridgehead atoms. The molecule has 140 valence electrons. The Morgan fingerprint density at radius 2 is 1.92 bits per heavy atom. The normalized spacial score (nSPS) is 12.7. The summed E-state index contributed by atoms with van der Waals surface area (Å²) in [5.74, 6) is -2.74. The zero-order valence-corrected chi connectivity index (χ0v) is 14.4. The number of halogens is 1. The van der Waals surface area contributed by atoms with E-state index >= 15 is 0 Å². The molecule has 9 heteroatoms. The molecule has 8 nitrogen and oxygen atoms in total. The first-order valence-corrected chi connectivity index (χ1v) is 7.89. The van der Waals surface area contributed by atoms with Gasteiger partial charge in [0.1, 0.15) is 11.9 Å². The smallest absolute Gasteiger partial charge is 0.328 e. The van der Waals surface area contributed by atoms with Gasteiger partial charge in [0.2, 0.25) is 5.78 Å². The number of aliphatic hydroxyl groups is 1. The van der Waals surface area contributed by atoms with Crippen LogP contribution in [-0.2, 0) is 19.1 Å². The molecule has 1 aromatic carbocycles. The molecule has 0 aliphatic carbocycles. The second-order valence-corrected chi connectivity index (χ2v) is 5.75. The Labute approximate surface area is 149 Å². The van der Waals surface area contributed by atoms with Gasteiger partial charge in [-0.25, -0.2) is 9.18 Å². The van der Waals surface area contributed by atoms with Crippen LogP contribution in [0.1, 0.15) is 38.4 Å². The number of amides is 1. The van der Waals surface area contributed by atoms with Gasteiger partial charge in [-0.15, -0.1) is 0 Å². The van der Waals surface area contributed by atoms with E-state index in [1.54, 1.807) is 13.8 Å². The van der Waals surface area contributed by atoms with Crippen LogP contribution in [0, 0.1) is 5.82 Å². The third kappa shape index (κ3) is 6.92. The quantitative estimate of drug-likeness (QED) is 0.291. The zero-order valence-electron chi connectivity index (χ0n) is 14.4. The van der Waals surface area contributed by atoms with Crippen molar-refractivity contribution in [2.24, 2.45) is 0 Å². The highest BCUT2D eigenvalue weighted by molar-refractivity contribution is 6.25. The van der Waals surface area contributed by atoms with Gasteiger partial charge in [-0.1, -0.05) is 12.1 Å². The van der Waals surface area contributed by atoms with E-state index in [4.69, 9.17) is 10.3 Å². The van der Waals surface area contributed by atoms with Gasteiger partial charge in [0.15, 0.2) is 6.10 Å². The van der Waals surface area contributed by atoms with E-state index < -0.39 is 41.7 Å². The molecular weight excluding hydrogens is 345 g/mol. The van der Waals surface area contributed by atoms with E-state index in [0.717, 1.165) is 12.1 Å². The first-order valence-electron chi connectivity index (χ1n) is 7.89. The number of hydrogen-bond acceptors (Lipinski definition) is 5. The Bertz CT molecular complexity index is 699. The summed E-state index contributed by atoms with van der Waals surface area (Å²) in [6, 6.07) is 3.47. The van der Waals surface area contributed by atoms with Gasteiger partial charge in [0.25, 0.3) is 5.91 Å². The van der Waals surface area contributed by atoms with E-state index in [-0.39, 0.29) is 18.4 Å². The number of Topliss-reactive ketones (excluding diaryl/α,β-unsaturated/α-hetero) is 1. The molecule has 0 aromatic heterocycles. The SMILES string of the molecule is CC(C)OC(=O)[C@H](CCC(=O)C=[N+]=[N-])NC(=O)[C@@H](O)c1ccc(F)cc1. The number of benzene rings is 1. The lowest BCUT2D eigenvalue weighted by molar-refractivity contribution is -0.152. The van der Waals surface area contributed by atoms with Crippen LogP contribution in [0.25, 0.3) is 5.53 Å². The second-order valence-electron chi connectivity index (χ2n) is 5.75. The van der Waals surface area contributed by atoms with Crippen LogP contribution < -0.4 is 5.32 Å². The van der Waals surface area contributed by atoms with E-state index in [9.17, 15) is 23.9 Å². The molecule has 1 aromatic rings. The zero-order chi connectivity index (χ0) is 19.7. The summed E-state index contributed by atoms with van der Waals surface area (Å²) in [6.45, 7) is 3.24. The maximum Gasteiger partial charge on any atom is 0.328 e. The molecule has 0 aliphatic rings. The van der Waals surface area contributed by atoms with Crippen molar-refractivity contribution in [1.82, 2.24) is 5.32 Å². The van der Waals surface area contributed by atoms with Crippen molar-refractivity contribution < 1.29 is 33.4 Å². The third-order valence-electron chi connectivity index (χ3n) is 3.27. The Morgan fingerprint density at radius 3 is 2.46 bits per heavy atom. The van der Waals surface area contributed by atoms with Crippen LogP contribution >= 0.6 is 0 Å². The number of nitrogens with zero attached hydrogens (tertiary/aromatic N) is 2. The van der Waals surface area contributed by atoms with Gasteiger partial charge in [0.05, 0.1) is 6.10 Å². The lowest BCUT2D eigenvalue weighted by atomic mass is 10.1. The van der Waals surface area contributed by atoms with Gasteiger partial charge in [-0.3, -0.25) is 9.59 Å². The predicted octanol–water partition coefficient (Wildman–Crippen LogP) is 0.945. The molecule has 0 radical (unpaired) electrons. The Morgan fingerprint density at radius 1 is 1.31 bits per heavy atom. The van der Waals surface area contributed by atoms with Crippen molar-refractivity contribution in [1.29, 1.82) is 0 Å². The van der Waals surface area contributed by atoms with Crippen LogP contribution in [-0.4, -0.2) is 45.9 Å². The number of nitrogens with one attached hydrogen (secondary N) is 1. The third-order valence-corrected chi connectivity index (χ3v) is 3.27. The molecule has 1 rings (SSSR count). The van der Waals surface area contributed by atoms with Gasteiger partial charge in [-0.2, -0.15) is 4.79 Å². The highest BCUT2D eigenvalue weighted by Crippen LogP contribution is 2.14. The molecule has 0 unspecified atom stereocenters. The minimum absolute atomic E-state index is 0.113. The summed E-state index contributed by atoms with van der Waals surface area (Å²) in [5, 5.41) is 12.4. The van der Waals surface area contributed by atoms with Crippen LogP contribution in [0.5, 0.6) is 0 Å². The number of esters is 1. The average Bonchev–Trinajstić information content (AvgIpc) is 2.58. The molecule has 0 heterocycles. The van der Waals surface area contributed by atoms with Crippen LogP contribution in [0.2, 0.25) is 0 Å². The number of ether oxygens (including phenoxy) is 1. The molecule has 2 atom stereocenters. The molecule has 0 spiro atoms. The highest BCUT2D eigenvalue weighted by Gasteiger charge is 2.27. The molecule has 26 heavy (non-hydrogen) atoms. The van der Waals surface area contributed by atoms with Crippen molar-refractivity contribution in [3.8, 4) is 0 Å². The Hall–Kier alpha value is -2.90. The fourth-order valence-corrected chi connectivity index (χ4v) is 2.03. The van der Waals surface area contributed by atoms with E-state index in [0.29, 0.717) is 6.21 Å². The summed E-state index contributed by atoms with van der Waals surface area (Å²) in [5.41, 5.74) is 8.46. The fourth-order valence-electron chi connectivity index (χ4n) is 2.03. The molecule has 0 fully saturated rings. The van der Waals surface area contributed by atoms with Gasteiger partial charge < -0.3 is 20.7 Å². The van der Waals surface area contributed by atoms with E-state index in [1.165, 1.54) is 12.1 Å². The van der Waals surface area contributed by atoms with E-state index in [2.05, 4.69) is 10.1 Å². The van der Waals surface area contributed by atoms with Crippen LogP contribution in [0.3, 0.4) is 0 Å². The van der Waals surface area contributed by atoms with Crippen LogP contribution in [0.4, 0.5) is 4.39 Å². The summed E-state index contributed by atoms with van der Waals surface area (Å²) >= 11 is 0. The van der Waals surface area contributed by atoms with Gasteiger partial charge in [-0.05, 0) is 38.0 Å². The maximum atomic E-state index is 12.9. The molecule has 0 aliphatic heterocycles. The molecular formula is C17H20FN3O5. The second kappa shape index (κ2) is 10.2. The van der Waals surface area contributed by atoms with Crippen molar-refractivity contribution in [2.75, 3.05) is 0 Å². The minimum Gasteiger partial charge on any atom is -0.461 e. The maximum absolute atomic E-state index is 12.9. The summed E-state index contributed by atoms with van der Waals surface area (Å²) in [7, 11) is 0. The van der Waals surface area contributed by atoms with Gasteiger partial charge in [0, 0.05) is 6.42 Å². The topological polar surface area (TPSA) is 129 Å².